The number of rotatable bonds is 9. The largest absolute Gasteiger partial charge is 0.481 e. The molecule has 12 nitrogen and oxygen atoms in total. The normalized spacial score (nSPS) is 31.6. The first-order chi connectivity index (χ1) is 12.4. The summed E-state index contributed by atoms with van der Waals surface area (Å²) in [5.74, 6) is -8.71. The molecule has 1 aliphatic heterocycles. The summed E-state index contributed by atoms with van der Waals surface area (Å²) in [7, 11) is 0. The van der Waals surface area contributed by atoms with E-state index in [1.165, 1.54) is 6.92 Å². The Balaban J connectivity index is 2.72. The molecule has 0 aromatic heterocycles. The number of hydrogen-bond donors (Lipinski definition) is 7. The van der Waals surface area contributed by atoms with E-state index in [0.29, 0.717) is 0 Å². The maximum absolute atomic E-state index is 11.6. The van der Waals surface area contributed by atoms with E-state index in [1.807, 2.05) is 0 Å². The third-order valence-corrected chi connectivity index (χ3v) is 4.24. The molecule has 12 heteroatoms. The van der Waals surface area contributed by atoms with Crippen LogP contribution in [0.5, 0.6) is 0 Å². The Bertz CT molecular complexity index is 554. The average molecular weight is 395 g/mol. The Morgan fingerprint density at radius 2 is 1.89 bits per heavy atom. The molecule has 0 aromatic rings. The molecule has 0 aliphatic carbocycles. The van der Waals surface area contributed by atoms with Crippen molar-refractivity contribution in [1.82, 2.24) is 0 Å². The molecule has 1 aliphatic rings. The van der Waals surface area contributed by atoms with Crippen LogP contribution in [-0.2, 0) is 23.9 Å². The number of carboxylic acids is 2. The van der Waals surface area contributed by atoms with Gasteiger partial charge in [-0.05, 0) is 0 Å². The summed E-state index contributed by atoms with van der Waals surface area (Å²) in [5, 5.41) is 57.2. The number of aliphatic carboxylic acids is 2. The predicted octanol–water partition coefficient (Wildman–Crippen LogP) is -2.79. The number of aliphatic hydroxyl groups is 4. The van der Waals surface area contributed by atoms with Crippen LogP contribution in [0.1, 0.15) is 26.2 Å². The molecule has 1 rings (SSSR count). The van der Waals surface area contributed by atoms with Crippen molar-refractivity contribution in [2.75, 3.05) is 6.61 Å². The van der Waals surface area contributed by atoms with Gasteiger partial charge >= 0.3 is 17.9 Å². The van der Waals surface area contributed by atoms with Crippen molar-refractivity contribution in [2.45, 2.75) is 56.5 Å². The highest BCUT2D eigenvalue weighted by Crippen LogP contribution is 2.35. The van der Waals surface area contributed by atoms with Gasteiger partial charge in [-0.25, -0.2) is 4.79 Å². The molecule has 0 radical (unpaired) electrons. The number of carbonyl (C=O) groups excluding carboxylic acids is 1. The van der Waals surface area contributed by atoms with Crippen molar-refractivity contribution >= 4 is 17.9 Å². The van der Waals surface area contributed by atoms with E-state index in [0.717, 1.165) is 0 Å². The summed E-state index contributed by atoms with van der Waals surface area (Å²) >= 11 is 0. The smallest absolute Gasteiger partial charge is 0.364 e. The molecular formula is C15H25NO11. The minimum atomic E-state index is -2.73. The van der Waals surface area contributed by atoms with E-state index in [9.17, 15) is 34.8 Å². The van der Waals surface area contributed by atoms with Crippen LogP contribution in [0.25, 0.3) is 0 Å². The quantitative estimate of drug-likeness (QED) is 0.156. The molecule has 4 unspecified atom stereocenters. The average Bonchev–Trinajstić information content (AvgIpc) is 2.50. The highest BCUT2D eigenvalue weighted by molar-refractivity contribution is 5.78. The minimum Gasteiger partial charge on any atom is -0.481 e. The molecule has 1 saturated heterocycles. The lowest BCUT2D eigenvalue weighted by atomic mass is 9.83. The second-order valence-electron chi connectivity index (χ2n) is 6.60. The summed E-state index contributed by atoms with van der Waals surface area (Å²) in [6.07, 6.45) is -7.56. The van der Waals surface area contributed by atoms with Gasteiger partial charge in [0.15, 0.2) is 0 Å². The summed E-state index contributed by atoms with van der Waals surface area (Å²) in [6, 6.07) is 0. The first-order valence-electron chi connectivity index (χ1n) is 8.19. The summed E-state index contributed by atoms with van der Waals surface area (Å²) in [4.78, 5) is 33.4. The minimum absolute atomic E-state index is 0.424. The van der Waals surface area contributed by atoms with E-state index in [2.05, 4.69) is 0 Å². The van der Waals surface area contributed by atoms with Crippen molar-refractivity contribution in [3.05, 3.63) is 0 Å². The molecule has 0 saturated carbocycles. The van der Waals surface area contributed by atoms with Crippen molar-refractivity contribution < 1.29 is 54.5 Å². The van der Waals surface area contributed by atoms with Crippen molar-refractivity contribution in [1.29, 1.82) is 0 Å². The molecule has 0 bridgehead atoms. The van der Waals surface area contributed by atoms with Crippen LogP contribution in [0.3, 0.4) is 0 Å². The standard InChI is InChI=1S/C15H25NO11/c1-6(2-10(19)20)13(22)26-5-7(17)3-9-11(12(16)21)8(18)4-15(25,27-9)14(23)24/h6-9,11-12,17-18,21,25H,2-5,16H2,1H3,(H,19,20)(H,23,24)/t6-,7+,8?,9?,11?,12+,15?/m1/s1. The van der Waals surface area contributed by atoms with E-state index in [4.69, 9.17) is 25.4 Å². The number of carboxylic acid groups (broad SMARTS) is 2. The molecule has 1 fully saturated rings. The van der Waals surface area contributed by atoms with Gasteiger partial charge in [0, 0.05) is 12.8 Å². The number of hydrogen-bond acceptors (Lipinski definition) is 10. The lowest BCUT2D eigenvalue weighted by Gasteiger charge is -2.43. The monoisotopic (exact) mass is 395 g/mol. The highest BCUT2D eigenvalue weighted by Gasteiger charge is 2.52. The lowest BCUT2D eigenvalue weighted by Crippen LogP contribution is -2.60. The Hall–Kier alpha value is -1.83. The first kappa shape index (κ1) is 23.2. The van der Waals surface area contributed by atoms with E-state index < -0.39 is 85.9 Å². The molecular weight excluding hydrogens is 370 g/mol. The Kier molecular flexibility index (Phi) is 8.07. The van der Waals surface area contributed by atoms with Crippen LogP contribution < -0.4 is 5.73 Å². The van der Waals surface area contributed by atoms with Gasteiger partial charge in [0.25, 0.3) is 5.79 Å². The SMILES string of the molecule is C[C@H](CC(=O)O)C(=O)OC[C@@H](O)CC1OC(O)(C(=O)O)CC(O)C1[C@@H](N)O. The zero-order valence-corrected chi connectivity index (χ0v) is 14.6. The fraction of sp³-hybridized carbons (Fsp3) is 0.800. The van der Waals surface area contributed by atoms with Crippen LogP contribution in [0, 0.1) is 11.8 Å². The summed E-state index contributed by atoms with van der Waals surface area (Å²) in [6.45, 7) is 0.759. The Labute approximate surface area is 154 Å². The topological polar surface area (TPSA) is 217 Å². The highest BCUT2D eigenvalue weighted by atomic mass is 16.7. The van der Waals surface area contributed by atoms with Crippen molar-refractivity contribution in [3.63, 3.8) is 0 Å². The number of nitrogens with two attached hydrogens (primary N) is 1. The van der Waals surface area contributed by atoms with Crippen LogP contribution in [-0.4, -0.2) is 85.5 Å². The molecule has 156 valence electrons. The Morgan fingerprint density at radius 1 is 1.30 bits per heavy atom. The third-order valence-electron chi connectivity index (χ3n) is 4.24. The Morgan fingerprint density at radius 3 is 2.37 bits per heavy atom. The summed E-state index contributed by atoms with van der Waals surface area (Å²) < 4.78 is 9.82. The number of esters is 1. The molecule has 8 N–H and O–H groups in total. The van der Waals surface area contributed by atoms with Crippen molar-refractivity contribution in [3.8, 4) is 0 Å². The van der Waals surface area contributed by atoms with Gasteiger partial charge in [-0.3, -0.25) is 9.59 Å². The molecule has 0 spiro atoms. The second kappa shape index (κ2) is 9.39. The molecule has 27 heavy (non-hydrogen) atoms. The molecule has 0 aromatic carbocycles. The number of ether oxygens (including phenoxy) is 2. The van der Waals surface area contributed by atoms with Gasteiger partial charge in [-0.15, -0.1) is 0 Å². The zero-order valence-electron chi connectivity index (χ0n) is 14.6. The van der Waals surface area contributed by atoms with Gasteiger partial charge in [-0.2, -0.15) is 0 Å². The van der Waals surface area contributed by atoms with E-state index in [-0.39, 0.29) is 0 Å². The molecule has 7 atom stereocenters. The zero-order chi connectivity index (χ0) is 20.9. The van der Waals surface area contributed by atoms with E-state index in [1.54, 1.807) is 0 Å². The van der Waals surface area contributed by atoms with Gasteiger partial charge < -0.3 is 45.8 Å². The maximum atomic E-state index is 11.6. The van der Waals surface area contributed by atoms with Crippen molar-refractivity contribution in [2.24, 2.45) is 17.6 Å². The maximum Gasteiger partial charge on any atom is 0.364 e. The van der Waals surface area contributed by atoms with Crippen LogP contribution in [0.4, 0.5) is 0 Å². The number of aliphatic hydroxyl groups excluding tert-OH is 3. The first-order valence-corrected chi connectivity index (χ1v) is 8.19. The number of carbonyl (C=O) groups is 3. The lowest BCUT2D eigenvalue weighted by molar-refractivity contribution is -0.296. The van der Waals surface area contributed by atoms with Crippen LogP contribution in [0.15, 0.2) is 0 Å². The van der Waals surface area contributed by atoms with Gasteiger partial charge in [0.05, 0.1) is 36.6 Å². The van der Waals surface area contributed by atoms with Gasteiger partial charge in [-0.1, -0.05) is 6.92 Å². The predicted molar refractivity (Wildman–Crippen MR) is 84.8 cm³/mol. The molecule has 0 amide bonds. The van der Waals surface area contributed by atoms with Crippen LogP contribution in [0.2, 0.25) is 0 Å². The second-order valence-corrected chi connectivity index (χ2v) is 6.60. The summed E-state index contributed by atoms with van der Waals surface area (Å²) in [5.41, 5.74) is 5.36. The third kappa shape index (κ3) is 6.37. The fourth-order valence-electron chi connectivity index (χ4n) is 2.84. The fourth-order valence-corrected chi connectivity index (χ4v) is 2.84. The molecule has 1 heterocycles. The van der Waals surface area contributed by atoms with Gasteiger partial charge in [0.2, 0.25) is 0 Å². The van der Waals surface area contributed by atoms with Gasteiger partial charge in [0.1, 0.15) is 12.8 Å². The van der Waals surface area contributed by atoms with Crippen LogP contribution >= 0.6 is 0 Å². The van der Waals surface area contributed by atoms with E-state index >= 15 is 0 Å².